The van der Waals surface area contributed by atoms with Gasteiger partial charge in [0.15, 0.2) is 0 Å². The lowest BCUT2D eigenvalue weighted by molar-refractivity contribution is -0.140. The summed E-state index contributed by atoms with van der Waals surface area (Å²) >= 11 is 4.80. The number of halogens is 1. The summed E-state index contributed by atoms with van der Waals surface area (Å²) in [4.78, 5) is 23.1. The summed E-state index contributed by atoms with van der Waals surface area (Å²) < 4.78 is 0.917. The van der Waals surface area contributed by atoms with E-state index in [4.69, 9.17) is 5.11 Å². The third-order valence-corrected chi connectivity index (χ3v) is 5.40. The van der Waals surface area contributed by atoms with Crippen LogP contribution in [0.5, 0.6) is 0 Å². The van der Waals surface area contributed by atoms with E-state index < -0.39 is 5.97 Å². The lowest BCUT2D eigenvalue weighted by atomic mass is 9.71. The minimum atomic E-state index is -0.778. The Morgan fingerprint density at radius 2 is 2.05 bits per heavy atom. The molecule has 0 aromatic carbocycles. The number of carbonyl (C=O) groups is 2. The first-order valence-electron chi connectivity index (χ1n) is 6.75. The summed E-state index contributed by atoms with van der Waals surface area (Å²) in [5.41, 5.74) is 0.357. The zero-order valence-corrected chi connectivity index (χ0v) is 13.6. The Balaban J connectivity index is 1.97. The number of hydrogen-bond acceptors (Lipinski definition) is 3. The third kappa shape index (κ3) is 4.06. The van der Waals surface area contributed by atoms with Crippen LogP contribution in [0.15, 0.2) is 15.2 Å². The monoisotopic (exact) mass is 359 g/mol. The SMILES string of the molecule is O=C(O)CC1(CNC(=O)c2csc(Br)c2)CCCCC1. The number of thiophene rings is 1. The maximum Gasteiger partial charge on any atom is 0.303 e. The first kappa shape index (κ1) is 15.5. The standard InChI is InChI=1S/C14H18BrNO3S/c15-11-6-10(8-20-11)13(19)16-9-14(7-12(17)18)4-2-1-3-5-14/h6,8H,1-5,7,9H2,(H,16,19)(H,17,18). The Labute approximate surface area is 130 Å². The summed E-state index contributed by atoms with van der Waals surface area (Å²) in [6.07, 6.45) is 5.16. The molecule has 0 bridgehead atoms. The molecular weight excluding hydrogens is 342 g/mol. The van der Waals surface area contributed by atoms with Crippen molar-refractivity contribution in [3.8, 4) is 0 Å². The van der Waals surface area contributed by atoms with E-state index in [1.165, 1.54) is 11.3 Å². The Hall–Kier alpha value is -0.880. The number of hydrogen-bond donors (Lipinski definition) is 2. The summed E-state index contributed by atoms with van der Waals surface area (Å²) in [5.74, 6) is -0.901. The second kappa shape index (κ2) is 6.72. The quantitative estimate of drug-likeness (QED) is 0.842. The highest BCUT2D eigenvalue weighted by molar-refractivity contribution is 9.11. The summed E-state index contributed by atoms with van der Waals surface area (Å²) in [6, 6.07) is 1.78. The predicted octanol–water partition coefficient (Wildman–Crippen LogP) is 3.67. The topological polar surface area (TPSA) is 66.4 Å². The molecule has 1 aromatic rings. The number of carboxylic acid groups (broad SMARTS) is 1. The van der Waals surface area contributed by atoms with Crippen LogP contribution in [0.1, 0.15) is 48.9 Å². The zero-order valence-electron chi connectivity index (χ0n) is 11.2. The molecule has 1 fully saturated rings. The predicted molar refractivity (Wildman–Crippen MR) is 82.1 cm³/mol. The first-order valence-corrected chi connectivity index (χ1v) is 8.42. The van der Waals surface area contributed by atoms with Crippen molar-refractivity contribution in [1.29, 1.82) is 0 Å². The molecule has 0 spiro atoms. The summed E-state index contributed by atoms with van der Waals surface area (Å²) in [6.45, 7) is 0.450. The van der Waals surface area contributed by atoms with Crippen molar-refractivity contribution in [2.45, 2.75) is 38.5 Å². The molecule has 2 N–H and O–H groups in total. The van der Waals surface area contributed by atoms with Crippen LogP contribution in [0.3, 0.4) is 0 Å². The van der Waals surface area contributed by atoms with E-state index in [0.29, 0.717) is 12.1 Å². The smallest absolute Gasteiger partial charge is 0.303 e. The minimum Gasteiger partial charge on any atom is -0.481 e. The molecule has 6 heteroatoms. The van der Waals surface area contributed by atoms with Gasteiger partial charge >= 0.3 is 5.97 Å². The fourth-order valence-corrected chi connectivity index (χ4v) is 3.97. The van der Waals surface area contributed by atoms with Gasteiger partial charge in [-0.3, -0.25) is 9.59 Å². The average molecular weight is 360 g/mol. The van der Waals surface area contributed by atoms with Crippen molar-refractivity contribution in [3.63, 3.8) is 0 Å². The van der Waals surface area contributed by atoms with E-state index in [-0.39, 0.29) is 17.7 Å². The van der Waals surface area contributed by atoms with Gasteiger partial charge in [0, 0.05) is 11.9 Å². The van der Waals surface area contributed by atoms with Crippen LogP contribution in [-0.4, -0.2) is 23.5 Å². The van der Waals surface area contributed by atoms with Gasteiger partial charge in [0.1, 0.15) is 0 Å². The molecule has 0 atom stereocenters. The molecule has 0 saturated heterocycles. The van der Waals surface area contributed by atoms with E-state index in [9.17, 15) is 9.59 Å². The lowest BCUT2D eigenvalue weighted by Crippen LogP contribution is -2.40. The van der Waals surface area contributed by atoms with Gasteiger partial charge in [-0.25, -0.2) is 0 Å². The molecule has 1 aliphatic rings. The molecule has 1 heterocycles. The van der Waals surface area contributed by atoms with Gasteiger partial charge in [-0.2, -0.15) is 0 Å². The van der Waals surface area contributed by atoms with Crippen LogP contribution in [0, 0.1) is 5.41 Å². The largest absolute Gasteiger partial charge is 0.481 e. The number of rotatable bonds is 5. The van der Waals surface area contributed by atoms with Gasteiger partial charge < -0.3 is 10.4 Å². The average Bonchev–Trinajstić information content (AvgIpc) is 2.83. The highest BCUT2D eigenvalue weighted by atomic mass is 79.9. The van der Waals surface area contributed by atoms with Crippen molar-refractivity contribution >= 4 is 39.1 Å². The number of aliphatic carboxylic acids is 1. The third-order valence-electron chi connectivity index (χ3n) is 3.89. The maximum atomic E-state index is 12.1. The number of carbonyl (C=O) groups excluding carboxylic acids is 1. The zero-order chi connectivity index (χ0) is 14.6. The van der Waals surface area contributed by atoms with Gasteiger partial charge in [-0.15, -0.1) is 11.3 Å². The van der Waals surface area contributed by atoms with Crippen LogP contribution in [-0.2, 0) is 4.79 Å². The van der Waals surface area contributed by atoms with Crippen LogP contribution in [0.4, 0.5) is 0 Å². The second-order valence-corrected chi connectivity index (χ2v) is 7.74. The Morgan fingerprint density at radius 3 is 2.60 bits per heavy atom. The molecule has 0 radical (unpaired) electrons. The van der Waals surface area contributed by atoms with E-state index in [2.05, 4.69) is 21.2 Å². The molecule has 1 saturated carbocycles. The van der Waals surface area contributed by atoms with Crippen LogP contribution in [0.2, 0.25) is 0 Å². The van der Waals surface area contributed by atoms with Crippen molar-refractivity contribution in [3.05, 3.63) is 20.8 Å². The molecule has 0 aliphatic heterocycles. The molecule has 2 rings (SSSR count). The number of carboxylic acids is 1. The van der Waals surface area contributed by atoms with Gasteiger partial charge in [-0.05, 0) is 40.3 Å². The molecule has 1 aromatic heterocycles. The fourth-order valence-electron chi connectivity index (χ4n) is 2.84. The molecule has 4 nitrogen and oxygen atoms in total. The molecule has 0 unspecified atom stereocenters. The van der Waals surface area contributed by atoms with E-state index in [1.807, 2.05) is 0 Å². The summed E-state index contributed by atoms with van der Waals surface area (Å²) in [5, 5.41) is 13.8. The Kier molecular flexibility index (Phi) is 5.21. The highest BCUT2D eigenvalue weighted by Crippen LogP contribution is 2.38. The number of amides is 1. The van der Waals surface area contributed by atoms with Crippen LogP contribution >= 0.6 is 27.3 Å². The molecule has 110 valence electrons. The van der Waals surface area contributed by atoms with Crippen molar-refractivity contribution in [2.75, 3.05) is 6.54 Å². The van der Waals surface area contributed by atoms with Crippen molar-refractivity contribution in [2.24, 2.45) is 5.41 Å². The number of nitrogens with one attached hydrogen (secondary N) is 1. The normalized spacial score (nSPS) is 17.6. The molecule has 1 aliphatic carbocycles. The Bertz CT molecular complexity index is 494. The van der Waals surface area contributed by atoms with E-state index >= 15 is 0 Å². The van der Waals surface area contributed by atoms with E-state index in [0.717, 1.165) is 35.9 Å². The van der Waals surface area contributed by atoms with Crippen LogP contribution < -0.4 is 5.32 Å². The Morgan fingerprint density at radius 1 is 1.35 bits per heavy atom. The van der Waals surface area contributed by atoms with Gasteiger partial charge in [0.05, 0.1) is 15.8 Å². The van der Waals surface area contributed by atoms with Gasteiger partial charge in [-0.1, -0.05) is 19.3 Å². The van der Waals surface area contributed by atoms with Crippen molar-refractivity contribution in [1.82, 2.24) is 5.32 Å². The molecular formula is C14H18BrNO3S. The van der Waals surface area contributed by atoms with Gasteiger partial charge in [0.25, 0.3) is 5.91 Å². The molecule has 1 amide bonds. The molecule has 20 heavy (non-hydrogen) atoms. The fraction of sp³-hybridized carbons (Fsp3) is 0.571. The minimum absolute atomic E-state index is 0.123. The summed E-state index contributed by atoms with van der Waals surface area (Å²) in [7, 11) is 0. The maximum absolute atomic E-state index is 12.1. The van der Waals surface area contributed by atoms with E-state index in [1.54, 1.807) is 11.4 Å². The second-order valence-electron chi connectivity index (χ2n) is 5.45. The first-order chi connectivity index (χ1) is 9.51. The highest BCUT2D eigenvalue weighted by Gasteiger charge is 2.34. The van der Waals surface area contributed by atoms with Crippen LogP contribution in [0.25, 0.3) is 0 Å². The van der Waals surface area contributed by atoms with Crippen molar-refractivity contribution < 1.29 is 14.7 Å². The van der Waals surface area contributed by atoms with Gasteiger partial charge in [0.2, 0.25) is 0 Å². The lowest BCUT2D eigenvalue weighted by Gasteiger charge is -2.36.